The van der Waals surface area contributed by atoms with Crippen LogP contribution in [0.2, 0.25) is 0 Å². The van der Waals surface area contributed by atoms with Crippen LogP contribution in [0.1, 0.15) is 36.1 Å². The molecule has 21 heavy (non-hydrogen) atoms. The Morgan fingerprint density at radius 2 is 1.86 bits per heavy atom. The highest BCUT2D eigenvalue weighted by atomic mass is 16.5. The van der Waals surface area contributed by atoms with Gasteiger partial charge in [-0.3, -0.25) is 0 Å². The van der Waals surface area contributed by atoms with Crippen molar-refractivity contribution in [3.63, 3.8) is 0 Å². The Labute approximate surface area is 126 Å². The summed E-state index contributed by atoms with van der Waals surface area (Å²) in [6.07, 6.45) is 0.974. The molecule has 3 nitrogen and oxygen atoms in total. The molecule has 0 aliphatic rings. The van der Waals surface area contributed by atoms with Crippen LogP contribution < -0.4 is 15.2 Å². The Morgan fingerprint density at radius 3 is 2.57 bits per heavy atom. The zero-order chi connectivity index (χ0) is 15.2. The topological polar surface area (TPSA) is 44.5 Å². The van der Waals surface area contributed by atoms with Gasteiger partial charge in [0.2, 0.25) is 0 Å². The Balaban J connectivity index is 2.33. The van der Waals surface area contributed by atoms with Gasteiger partial charge in [0.15, 0.2) is 0 Å². The maximum Gasteiger partial charge on any atom is 0.124 e. The molecule has 0 aliphatic carbocycles. The van der Waals surface area contributed by atoms with Gasteiger partial charge in [0.05, 0.1) is 19.8 Å². The number of para-hydroxylation sites is 1. The van der Waals surface area contributed by atoms with Crippen LogP contribution in [0, 0.1) is 6.92 Å². The van der Waals surface area contributed by atoms with E-state index in [0.717, 1.165) is 34.6 Å². The minimum atomic E-state index is -0.229. The van der Waals surface area contributed by atoms with Gasteiger partial charge < -0.3 is 15.2 Å². The lowest BCUT2D eigenvalue weighted by atomic mass is 9.97. The van der Waals surface area contributed by atoms with Gasteiger partial charge in [-0.2, -0.15) is 0 Å². The van der Waals surface area contributed by atoms with Gasteiger partial charge in [0.25, 0.3) is 0 Å². The summed E-state index contributed by atoms with van der Waals surface area (Å²) in [6, 6.07) is 13.8. The summed E-state index contributed by atoms with van der Waals surface area (Å²) in [7, 11) is 1.68. The highest BCUT2D eigenvalue weighted by Crippen LogP contribution is 2.31. The molecule has 0 amide bonds. The van der Waals surface area contributed by atoms with Gasteiger partial charge in [-0.25, -0.2) is 0 Å². The van der Waals surface area contributed by atoms with Crippen molar-refractivity contribution in [3.8, 4) is 11.5 Å². The molecule has 0 radical (unpaired) electrons. The summed E-state index contributed by atoms with van der Waals surface area (Å²) in [5.41, 5.74) is 9.54. The van der Waals surface area contributed by atoms with Gasteiger partial charge in [0, 0.05) is 5.56 Å². The second-order valence-corrected chi connectivity index (χ2v) is 5.09. The molecule has 0 aromatic heterocycles. The molecular formula is C18H23NO2. The fraction of sp³-hybridized carbons (Fsp3) is 0.333. The fourth-order valence-electron chi connectivity index (χ4n) is 2.29. The summed E-state index contributed by atoms with van der Waals surface area (Å²) >= 11 is 0. The highest BCUT2D eigenvalue weighted by molar-refractivity contribution is 5.45. The molecule has 2 aromatic carbocycles. The molecule has 112 valence electrons. The number of ether oxygens (including phenoxy) is 2. The molecule has 0 fully saturated rings. The monoisotopic (exact) mass is 285 g/mol. The third-order valence-corrected chi connectivity index (χ3v) is 3.51. The molecular weight excluding hydrogens is 262 g/mol. The lowest BCUT2D eigenvalue weighted by Crippen LogP contribution is -2.14. The average molecular weight is 285 g/mol. The maximum atomic E-state index is 6.43. The molecule has 0 aliphatic heterocycles. The van der Waals surface area contributed by atoms with Crippen molar-refractivity contribution in [3.05, 3.63) is 59.2 Å². The van der Waals surface area contributed by atoms with Crippen LogP contribution >= 0.6 is 0 Å². The molecule has 0 heterocycles. The van der Waals surface area contributed by atoms with Crippen molar-refractivity contribution in [2.24, 2.45) is 5.73 Å². The van der Waals surface area contributed by atoms with E-state index in [1.54, 1.807) is 7.11 Å². The van der Waals surface area contributed by atoms with E-state index >= 15 is 0 Å². The molecule has 0 saturated heterocycles. The molecule has 0 saturated carbocycles. The maximum absolute atomic E-state index is 6.43. The summed E-state index contributed by atoms with van der Waals surface area (Å²) in [5, 5.41) is 0. The highest BCUT2D eigenvalue weighted by Gasteiger charge is 2.15. The quantitative estimate of drug-likeness (QED) is 0.877. The van der Waals surface area contributed by atoms with Crippen LogP contribution in [0.3, 0.4) is 0 Å². The number of hydrogen-bond acceptors (Lipinski definition) is 3. The Morgan fingerprint density at radius 1 is 1.10 bits per heavy atom. The van der Waals surface area contributed by atoms with Crippen LogP contribution in [-0.2, 0) is 0 Å². The van der Waals surface area contributed by atoms with Crippen molar-refractivity contribution in [2.75, 3.05) is 13.7 Å². The van der Waals surface area contributed by atoms with Crippen LogP contribution in [0.4, 0.5) is 0 Å². The van der Waals surface area contributed by atoms with E-state index in [2.05, 4.69) is 6.92 Å². The third-order valence-electron chi connectivity index (χ3n) is 3.51. The molecule has 1 atom stereocenters. The van der Waals surface area contributed by atoms with Gasteiger partial charge in [-0.1, -0.05) is 37.3 Å². The van der Waals surface area contributed by atoms with E-state index < -0.39 is 0 Å². The predicted molar refractivity (Wildman–Crippen MR) is 86.0 cm³/mol. The Kier molecular flexibility index (Phi) is 5.23. The lowest BCUT2D eigenvalue weighted by Gasteiger charge is -2.18. The molecule has 0 bridgehead atoms. The molecule has 2 rings (SSSR count). The van der Waals surface area contributed by atoms with Crippen molar-refractivity contribution in [1.82, 2.24) is 0 Å². The number of hydrogen-bond donors (Lipinski definition) is 1. The van der Waals surface area contributed by atoms with E-state index in [1.165, 1.54) is 0 Å². The van der Waals surface area contributed by atoms with Crippen molar-refractivity contribution in [1.29, 1.82) is 0 Å². The SMILES string of the molecule is CCCOc1ccccc1C(N)c1ccc(C)c(OC)c1. The van der Waals surface area contributed by atoms with Crippen LogP contribution in [0.25, 0.3) is 0 Å². The van der Waals surface area contributed by atoms with Crippen molar-refractivity contribution in [2.45, 2.75) is 26.3 Å². The van der Waals surface area contributed by atoms with Gasteiger partial charge in [-0.15, -0.1) is 0 Å². The Bertz CT molecular complexity index is 596. The van der Waals surface area contributed by atoms with Gasteiger partial charge in [-0.05, 0) is 36.6 Å². The van der Waals surface area contributed by atoms with Gasteiger partial charge in [0.1, 0.15) is 11.5 Å². The molecule has 2 aromatic rings. The molecule has 1 unspecified atom stereocenters. The summed E-state index contributed by atoms with van der Waals surface area (Å²) in [4.78, 5) is 0. The van der Waals surface area contributed by atoms with Crippen LogP contribution in [-0.4, -0.2) is 13.7 Å². The van der Waals surface area contributed by atoms with E-state index in [4.69, 9.17) is 15.2 Å². The molecule has 0 spiro atoms. The number of aryl methyl sites for hydroxylation is 1. The van der Waals surface area contributed by atoms with E-state index in [1.807, 2.05) is 49.4 Å². The average Bonchev–Trinajstić information content (AvgIpc) is 2.53. The number of benzene rings is 2. The van der Waals surface area contributed by atoms with Crippen LogP contribution in [0.15, 0.2) is 42.5 Å². The van der Waals surface area contributed by atoms with Crippen molar-refractivity contribution >= 4 is 0 Å². The fourth-order valence-corrected chi connectivity index (χ4v) is 2.29. The number of rotatable bonds is 6. The second-order valence-electron chi connectivity index (χ2n) is 5.09. The first-order valence-corrected chi connectivity index (χ1v) is 7.29. The summed E-state index contributed by atoms with van der Waals surface area (Å²) in [6.45, 7) is 4.81. The molecule has 2 N–H and O–H groups in total. The largest absolute Gasteiger partial charge is 0.496 e. The molecule has 3 heteroatoms. The minimum Gasteiger partial charge on any atom is -0.496 e. The minimum absolute atomic E-state index is 0.229. The summed E-state index contributed by atoms with van der Waals surface area (Å²) in [5.74, 6) is 1.71. The van der Waals surface area contributed by atoms with Gasteiger partial charge >= 0.3 is 0 Å². The Hall–Kier alpha value is -2.00. The first-order chi connectivity index (χ1) is 10.2. The first kappa shape index (κ1) is 15.4. The zero-order valence-corrected chi connectivity index (χ0v) is 12.9. The van der Waals surface area contributed by atoms with Crippen LogP contribution in [0.5, 0.6) is 11.5 Å². The lowest BCUT2D eigenvalue weighted by molar-refractivity contribution is 0.313. The van der Waals surface area contributed by atoms with E-state index in [0.29, 0.717) is 6.61 Å². The second kappa shape index (κ2) is 7.14. The van der Waals surface area contributed by atoms with Crippen molar-refractivity contribution < 1.29 is 9.47 Å². The smallest absolute Gasteiger partial charge is 0.124 e. The van der Waals surface area contributed by atoms with E-state index in [9.17, 15) is 0 Å². The number of nitrogens with two attached hydrogens (primary N) is 1. The normalized spacial score (nSPS) is 12.0. The summed E-state index contributed by atoms with van der Waals surface area (Å²) < 4.78 is 11.2. The van der Waals surface area contributed by atoms with E-state index in [-0.39, 0.29) is 6.04 Å². The predicted octanol–water partition coefficient (Wildman–Crippen LogP) is 3.84. The third kappa shape index (κ3) is 3.56. The standard InChI is InChI=1S/C18H23NO2/c1-4-11-21-16-8-6-5-7-15(16)18(19)14-10-9-13(2)17(12-14)20-3/h5-10,12,18H,4,11,19H2,1-3H3. The first-order valence-electron chi connectivity index (χ1n) is 7.29. The number of methoxy groups -OCH3 is 1. The zero-order valence-electron chi connectivity index (χ0n) is 12.9.